The minimum Gasteiger partial charge on any atom is -0.394 e. The fourth-order valence-corrected chi connectivity index (χ4v) is 2.95. The second kappa shape index (κ2) is 7.70. The van der Waals surface area contributed by atoms with Crippen LogP contribution in [0.25, 0.3) is 0 Å². The number of hydrogen-bond acceptors (Lipinski definition) is 3. The summed E-state index contributed by atoms with van der Waals surface area (Å²) in [5, 5.41) is 12.4. The van der Waals surface area contributed by atoms with Crippen LogP contribution in [0.15, 0.2) is 23.1 Å². The van der Waals surface area contributed by atoms with Gasteiger partial charge in [-0.15, -0.1) is 11.8 Å². The van der Waals surface area contributed by atoms with Gasteiger partial charge in [-0.3, -0.25) is 4.79 Å². The average Bonchev–Trinajstić information content (AvgIpc) is 2.46. The molecule has 20 heavy (non-hydrogen) atoms. The maximum absolute atomic E-state index is 12.1. The summed E-state index contributed by atoms with van der Waals surface area (Å²) in [6, 6.07) is 6.25. The first-order valence-corrected chi connectivity index (χ1v) is 8.07. The monoisotopic (exact) mass is 295 g/mol. The fourth-order valence-electron chi connectivity index (χ4n) is 2.03. The van der Waals surface area contributed by atoms with Crippen molar-refractivity contribution in [3.63, 3.8) is 0 Å². The summed E-state index contributed by atoms with van der Waals surface area (Å²) in [5.41, 5.74) is 1.91. The molecule has 2 N–H and O–H groups in total. The lowest BCUT2D eigenvalue weighted by molar-refractivity contribution is -0.121. The molecule has 0 aliphatic carbocycles. The molecule has 0 bridgehead atoms. The Balaban J connectivity index is 2.61. The smallest absolute Gasteiger partial charge is 0.230 e. The highest BCUT2D eigenvalue weighted by Gasteiger charge is 2.26. The Morgan fingerprint density at radius 2 is 1.95 bits per heavy atom. The molecule has 0 saturated heterocycles. The van der Waals surface area contributed by atoms with Gasteiger partial charge in [-0.25, -0.2) is 0 Å². The zero-order valence-corrected chi connectivity index (χ0v) is 13.6. The third-order valence-corrected chi connectivity index (χ3v) is 4.92. The summed E-state index contributed by atoms with van der Waals surface area (Å²) in [5.74, 6) is 0.361. The highest BCUT2D eigenvalue weighted by Crippen LogP contribution is 2.24. The maximum atomic E-state index is 12.1. The van der Waals surface area contributed by atoms with Crippen molar-refractivity contribution in [2.24, 2.45) is 0 Å². The van der Waals surface area contributed by atoms with Crippen LogP contribution in [0.1, 0.15) is 37.8 Å². The van der Waals surface area contributed by atoms with Crippen LogP contribution < -0.4 is 5.32 Å². The number of aliphatic hydroxyl groups is 1. The van der Waals surface area contributed by atoms with Gasteiger partial charge in [-0.2, -0.15) is 0 Å². The minimum absolute atomic E-state index is 0.0140. The lowest BCUT2D eigenvalue weighted by Gasteiger charge is -2.30. The quantitative estimate of drug-likeness (QED) is 0.760. The molecule has 0 radical (unpaired) electrons. The van der Waals surface area contributed by atoms with E-state index in [9.17, 15) is 9.90 Å². The summed E-state index contributed by atoms with van der Waals surface area (Å²) in [6.07, 6.45) is 1.47. The van der Waals surface area contributed by atoms with Gasteiger partial charge < -0.3 is 10.4 Å². The Bertz CT molecular complexity index is 448. The number of aryl methyl sites for hydroxylation is 2. The number of amides is 1. The van der Waals surface area contributed by atoms with E-state index in [2.05, 4.69) is 37.4 Å². The molecule has 0 unspecified atom stereocenters. The first kappa shape index (κ1) is 17.1. The number of carbonyl (C=O) groups is 1. The second-order valence-electron chi connectivity index (χ2n) is 5.25. The van der Waals surface area contributed by atoms with E-state index in [0.717, 1.165) is 17.7 Å². The summed E-state index contributed by atoms with van der Waals surface area (Å²) in [4.78, 5) is 13.2. The normalized spacial score (nSPS) is 11.4. The molecule has 1 aromatic rings. The molecular formula is C16H25NO2S. The van der Waals surface area contributed by atoms with Crippen molar-refractivity contribution in [2.75, 3.05) is 12.4 Å². The summed E-state index contributed by atoms with van der Waals surface area (Å²) in [6.45, 7) is 8.06. The number of nitrogens with one attached hydrogen (secondary N) is 1. The van der Waals surface area contributed by atoms with E-state index in [4.69, 9.17) is 0 Å². The number of rotatable bonds is 7. The van der Waals surface area contributed by atoms with Crippen LogP contribution in [-0.4, -0.2) is 28.9 Å². The van der Waals surface area contributed by atoms with Gasteiger partial charge in [0.05, 0.1) is 17.9 Å². The van der Waals surface area contributed by atoms with Crippen molar-refractivity contribution in [3.8, 4) is 0 Å². The number of aliphatic hydroxyl groups excluding tert-OH is 1. The molecule has 0 saturated carbocycles. The fraction of sp³-hybridized carbons (Fsp3) is 0.562. The molecule has 4 heteroatoms. The van der Waals surface area contributed by atoms with Crippen LogP contribution in [0, 0.1) is 13.8 Å². The highest BCUT2D eigenvalue weighted by atomic mass is 32.2. The summed E-state index contributed by atoms with van der Waals surface area (Å²) >= 11 is 1.55. The first-order valence-electron chi connectivity index (χ1n) is 7.08. The van der Waals surface area contributed by atoms with Crippen LogP contribution >= 0.6 is 11.8 Å². The molecule has 112 valence electrons. The van der Waals surface area contributed by atoms with Crippen molar-refractivity contribution in [2.45, 2.75) is 51.0 Å². The molecule has 0 aliphatic heterocycles. The van der Waals surface area contributed by atoms with Crippen LogP contribution in [-0.2, 0) is 4.79 Å². The zero-order valence-electron chi connectivity index (χ0n) is 12.8. The lowest BCUT2D eigenvalue weighted by atomic mass is 9.94. The topological polar surface area (TPSA) is 49.3 Å². The Morgan fingerprint density at radius 3 is 2.50 bits per heavy atom. The first-order chi connectivity index (χ1) is 9.46. The molecule has 0 spiro atoms. The van der Waals surface area contributed by atoms with Gasteiger partial charge in [0.1, 0.15) is 0 Å². The SMILES string of the molecule is CCC(CC)(CO)NC(=O)CSc1cc(C)ccc1C. The number of thioether (sulfide) groups is 1. The standard InChI is InChI=1S/C16H25NO2S/c1-5-16(6-2,11-18)17-15(19)10-20-14-9-12(3)7-8-13(14)4/h7-9,18H,5-6,10-11H2,1-4H3,(H,17,19). The molecule has 0 aromatic heterocycles. The molecule has 0 heterocycles. The molecule has 1 rings (SSSR count). The van der Waals surface area contributed by atoms with Gasteiger partial charge in [0.15, 0.2) is 0 Å². The predicted octanol–water partition coefficient (Wildman–Crippen LogP) is 3.06. The van der Waals surface area contributed by atoms with Gasteiger partial charge in [-0.05, 0) is 38.3 Å². The van der Waals surface area contributed by atoms with Gasteiger partial charge in [0.2, 0.25) is 5.91 Å². The van der Waals surface area contributed by atoms with Gasteiger partial charge in [0.25, 0.3) is 0 Å². The van der Waals surface area contributed by atoms with Gasteiger partial charge in [0, 0.05) is 4.90 Å². The Labute approximate surface area is 126 Å². The Hall–Kier alpha value is -1.00. The average molecular weight is 295 g/mol. The number of benzene rings is 1. The molecule has 0 atom stereocenters. The van der Waals surface area contributed by atoms with E-state index in [1.54, 1.807) is 11.8 Å². The molecule has 3 nitrogen and oxygen atoms in total. The Morgan fingerprint density at radius 1 is 1.30 bits per heavy atom. The van der Waals surface area contributed by atoms with E-state index < -0.39 is 5.54 Å². The summed E-state index contributed by atoms with van der Waals surface area (Å²) < 4.78 is 0. The molecule has 0 aliphatic rings. The molecule has 1 amide bonds. The van der Waals surface area contributed by atoms with Crippen molar-refractivity contribution in [3.05, 3.63) is 29.3 Å². The lowest BCUT2D eigenvalue weighted by Crippen LogP contribution is -2.51. The molecule has 1 aromatic carbocycles. The van der Waals surface area contributed by atoms with Crippen LogP contribution in [0.5, 0.6) is 0 Å². The predicted molar refractivity (Wildman–Crippen MR) is 85.2 cm³/mol. The van der Waals surface area contributed by atoms with Crippen molar-refractivity contribution in [1.29, 1.82) is 0 Å². The van der Waals surface area contributed by atoms with E-state index in [-0.39, 0.29) is 12.5 Å². The minimum atomic E-state index is -0.473. The van der Waals surface area contributed by atoms with Crippen molar-refractivity contribution < 1.29 is 9.90 Å². The van der Waals surface area contributed by atoms with E-state index in [0.29, 0.717) is 5.75 Å². The highest BCUT2D eigenvalue weighted by molar-refractivity contribution is 8.00. The van der Waals surface area contributed by atoms with E-state index in [1.807, 2.05) is 13.8 Å². The van der Waals surface area contributed by atoms with E-state index in [1.165, 1.54) is 11.1 Å². The zero-order chi connectivity index (χ0) is 15.2. The van der Waals surface area contributed by atoms with Crippen LogP contribution in [0.2, 0.25) is 0 Å². The van der Waals surface area contributed by atoms with Crippen LogP contribution in [0.3, 0.4) is 0 Å². The van der Waals surface area contributed by atoms with Crippen molar-refractivity contribution in [1.82, 2.24) is 5.32 Å². The largest absolute Gasteiger partial charge is 0.394 e. The van der Waals surface area contributed by atoms with Crippen LogP contribution in [0.4, 0.5) is 0 Å². The number of hydrogen-bond donors (Lipinski definition) is 2. The van der Waals surface area contributed by atoms with Gasteiger partial charge >= 0.3 is 0 Å². The summed E-state index contributed by atoms with van der Waals surface area (Å²) in [7, 11) is 0. The maximum Gasteiger partial charge on any atom is 0.230 e. The van der Waals surface area contributed by atoms with Crippen molar-refractivity contribution >= 4 is 17.7 Å². The molecule has 0 fully saturated rings. The van der Waals surface area contributed by atoms with Gasteiger partial charge in [-0.1, -0.05) is 31.5 Å². The van der Waals surface area contributed by atoms with E-state index >= 15 is 0 Å². The Kier molecular flexibility index (Phi) is 6.56. The molecular weight excluding hydrogens is 270 g/mol. The second-order valence-corrected chi connectivity index (χ2v) is 6.27. The third kappa shape index (κ3) is 4.53. The third-order valence-electron chi connectivity index (χ3n) is 3.76. The number of carbonyl (C=O) groups excluding carboxylic acids is 1.